The standard InChI is InChI=1S/C25H40O2/c1-2-3-4-5-6-7-8-9-10-11-12-13-14-15-18-23-19-16-17-20-25(23)27-22-24-21-26-24/h10-11,16-17,19-20,24H,2-9,12-15,18,21-22H2,1H3/b11-10+. The largest absolute Gasteiger partial charge is 0.491 e. The lowest BCUT2D eigenvalue weighted by molar-refractivity contribution is 0.261. The summed E-state index contributed by atoms with van der Waals surface area (Å²) in [5.41, 5.74) is 1.34. The Morgan fingerprint density at radius 2 is 1.52 bits per heavy atom. The van der Waals surface area contributed by atoms with Crippen LogP contribution in [0.1, 0.15) is 89.5 Å². The van der Waals surface area contributed by atoms with Gasteiger partial charge in [0.25, 0.3) is 0 Å². The minimum atomic E-state index is 0.325. The number of epoxide rings is 1. The van der Waals surface area contributed by atoms with Gasteiger partial charge in [-0.05, 0) is 50.2 Å². The van der Waals surface area contributed by atoms with Crippen molar-refractivity contribution in [1.29, 1.82) is 0 Å². The first kappa shape index (κ1) is 22.0. The molecular formula is C25H40O2. The zero-order valence-electron chi connectivity index (χ0n) is 17.5. The third-order valence-corrected chi connectivity index (χ3v) is 5.26. The summed E-state index contributed by atoms with van der Waals surface area (Å²) in [6.07, 6.45) is 22.4. The SMILES string of the molecule is CCCCCCCCC/C=C/CCCCCc1ccccc1OCC1CO1. The summed E-state index contributed by atoms with van der Waals surface area (Å²) in [6.45, 7) is 3.83. The highest BCUT2D eigenvalue weighted by Crippen LogP contribution is 2.22. The molecule has 0 saturated carbocycles. The van der Waals surface area contributed by atoms with Gasteiger partial charge in [-0.25, -0.2) is 0 Å². The van der Waals surface area contributed by atoms with Gasteiger partial charge < -0.3 is 9.47 Å². The van der Waals surface area contributed by atoms with Crippen LogP contribution in [-0.2, 0) is 11.2 Å². The van der Waals surface area contributed by atoms with Crippen molar-refractivity contribution in [2.45, 2.75) is 96.5 Å². The molecule has 1 unspecified atom stereocenters. The molecule has 27 heavy (non-hydrogen) atoms. The number of para-hydroxylation sites is 1. The molecule has 152 valence electrons. The molecule has 1 aliphatic heterocycles. The van der Waals surface area contributed by atoms with Crippen molar-refractivity contribution in [3.05, 3.63) is 42.0 Å². The Bertz CT molecular complexity index is 505. The summed E-state index contributed by atoms with van der Waals surface area (Å²) in [5.74, 6) is 1.04. The monoisotopic (exact) mass is 372 g/mol. The number of rotatable bonds is 17. The van der Waals surface area contributed by atoms with Crippen LogP contribution in [0.4, 0.5) is 0 Å². The molecule has 1 aromatic carbocycles. The topological polar surface area (TPSA) is 21.8 Å². The van der Waals surface area contributed by atoms with E-state index in [1.165, 1.54) is 82.6 Å². The maximum Gasteiger partial charge on any atom is 0.122 e. The first-order valence-electron chi connectivity index (χ1n) is 11.4. The molecule has 1 saturated heterocycles. The highest BCUT2D eigenvalue weighted by atomic mass is 16.6. The average molecular weight is 373 g/mol. The van der Waals surface area contributed by atoms with Crippen LogP contribution in [0.15, 0.2) is 36.4 Å². The molecule has 1 aromatic rings. The van der Waals surface area contributed by atoms with Crippen LogP contribution in [0.25, 0.3) is 0 Å². The Kier molecular flexibility index (Phi) is 12.0. The summed E-state index contributed by atoms with van der Waals surface area (Å²) < 4.78 is 11.1. The van der Waals surface area contributed by atoms with Gasteiger partial charge in [0, 0.05) is 0 Å². The maximum atomic E-state index is 5.89. The lowest BCUT2D eigenvalue weighted by atomic mass is 10.0. The van der Waals surface area contributed by atoms with Gasteiger partial charge in [-0.3, -0.25) is 0 Å². The number of hydrogen-bond acceptors (Lipinski definition) is 2. The minimum Gasteiger partial charge on any atom is -0.491 e. The molecule has 2 heteroatoms. The Labute approximate surface area is 167 Å². The van der Waals surface area contributed by atoms with Gasteiger partial charge in [-0.2, -0.15) is 0 Å². The summed E-state index contributed by atoms with van der Waals surface area (Å²) in [4.78, 5) is 0. The molecule has 1 aliphatic rings. The van der Waals surface area contributed by atoms with Crippen LogP contribution in [0.3, 0.4) is 0 Å². The Morgan fingerprint density at radius 3 is 2.22 bits per heavy atom. The quantitative estimate of drug-likeness (QED) is 0.163. The number of allylic oxidation sites excluding steroid dienone is 2. The molecule has 1 heterocycles. The summed E-state index contributed by atoms with van der Waals surface area (Å²) in [5, 5.41) is 0. The van der Waals surface area contributed by atoms with E-state index in [9.17, 15) is 0 Å². The van der Waals surface area contributed by atoms with Gasteiger partial charge in [0.1, 0.15) is 18.5 Å². The molecule has 0 amide bonds. The summed E-state index contributed by atoms with van der Waals surface area (Å²) in [6, 6.07) is 8.46. The fraction of sp³-hybridized carbons (Fsp3) is 0.680. The van der Waals surface area contributed by atoms with Gasteiger partial charge in [0.2, 0.25) is 0 Å². The van der Waals surface area contributed by atoms with E-state index in [2.05, 4.69) is 43.3 Å². The predicted molar refractivity (Wildman–Crippen MR) is 116 cm³/mol. The second kappa shape index (κ2) is 14.7. The Morgan fingerprint density at radius 1 is 0.889 bits per heavy atom. The predicted octanol–water partition coefficient (Wildman–Crippen LogP) is 7.26. The van der Waals surface area contributed by atoms with Gasteiger partial charge in [0.05, 0.1) is 6.61 Å². The van der Waals surface area contributed by atoms with Crippen molar-refractivity contribution in [3.8, 4) is 5.75 Å². The average Bonchev–Trinajstić information content (AvgIpc) is 3.52. The first-order chi connectivity index (χ1) is 13.4. The normalized spacial score (nSPS) is 16.1. The molecule has 2 nitrogen and oxygen atoms in total. The molecule has 0 N–H and O–H groups in total. The molecule has 2 rings (SSSR count). The van der Waals surface area contributed by atoms with Crippen molar-refractivity contribution in [1.82, 2.24) is 0 Å². The Balaban J connectivity index is 1.43. The number of ether oxygens (including phenoxy) is 2. The summed E-state index contributed by atoms with van der Waals surface area (Å²) in [7, 11) is 0. The molecule has 0 aromatic heterocycles. The van der Waals surface area contributed by atoms with Crippen LogP contribution in [0.2, 0.25) is 0 Å². The fourth-order valence-electron chi connectivity index (χ4n) is 3.41. The van der Waals surface area contributed by atoms with E-state index < -0.39 is 0 Å². The van der Waals surface area contributed by atoms with E-state index in [0.29, 0.717) is 12.7 Å². The van der Waals surface area contributed by atoms with Crippen LogP contribution in [0.5, 0.6) is 5.75 Å². The molecule has 0 bridgehead atoms. The maximum absolute atomic E-state index is 5.89. The lowest BCUT2D eigenvalue weighted by Crippen LogP contribution is -2.05. The molecular weight excluding hydrogens is 332 g/mol. The number of hydrogen-bond donors (Lipinski definition) is 0. The van der Waals surface area contributed by atoms with Gasteiger partial charge in [-0.15, -0.1) is 0 Å². The van der Waals surface area contributed by atoms with Crippen LogP contribution in [0, 0.1) is 0 Å². The van der Waals surface area contributed by atoms with Crippen molar-refractivity contribution in [2.75, 3.05) is 13.2 Å². The highest BCUT2D eigenvalue weighted by molar-refractivity contribution is 5.33. The van der Waals surface area contributed by atoms with E-state index in [-0.39, 0.29) is 0 Å². The van der Waals surface area contributed by atoms with Gasteiger partial charge >= 0.3 is 0 Å². The number of benzene rings is 1. The fourth-order valence-corrected chi connectivity index (χ4v) is 3.41. The van der Waals surface area contributed by atoms with Crippen LogP contribution < -0.4 is 4.74 Å². The molecule has 1 atom stereocenters. The zero-order chi connectivity index (χ0) is 19.0. The third kappa shape index (κ3) is 11.2. The van der Waals surface area contributed by atoms with Crippen molar-refractivity contribution >= 4 is 0 Å². The molecule has 0 aliphatic carbocycles. The third-order valence-electron chi connectivity index (χ3n) is 5.26. The van der Waals surface area contributed by atoms with Crippen LogP contribution in [-0.4, -0.2) is 19.3 Å². The van der Waals surface area contributed by atoms with Crippen molar-refractivity contribution in [3.63, 3.8) is 0 Å². The van der Waals surface area contributed by atoms with E-state index in [1.807, 2.05) is 0 Å². The number of aryl methyl sites for hydroxylation is 1. The molecule has 0 spiro atoms. The van der Waals surface area contributed by atoms with E-state index in [1.54, 1.807) is 0 Å². The second-order valence-electron chi connectivity index (χ2n) is 7.85. The Hall–Kier alpha value is -1.28. The molecule has 0 radical (unpaired) electrons. The number of unbranched alkanes of at least 4 members (excludes halogenated alkanes) is 10. The van der Waals surface area contributed by atoms with Crippen molar-refractivity contribution < 1.29 is 9.47 Å². The van der Waals surface area contributed by atoms with E-state index in [4.69, 9.17) is 9.47 Å². The first-order valence-corrected chi connectivity index (χ1v) is 11.4. The lowest BCUT2D eigenvalue weighted by Gasteiger charge is -2.10. The van der Waals surface area contributed by atoms with Gasteiger partial charge in [0.15, 0.2) is 0 Å². The van der Waals surface area contributed by atoms with Gasteiger partial charge in [-0.1, -0.05) is 82.2 Å². The minimum absolute atomic E-state index is 0.325. The van der Waals surface area contributed by atoms with E-state index >= 15 is 0 Å². The molecule has 1 fully saturated rings. The van der Waals surface area contributed by atoms with Crippen LogP contribution >= 0.6 is 0 Å². The second-order valence-corrected chi connectivity index (χ2v) is 7.85. The summed E-state index contributed by atoms with van der Waals surface area (Å²) >= 11 is 0. The highest BCUT2D eigenvalue weighted by Gasteiger charge is 2.23. The van der Waals surface area contributed by atoms with Crippen molar-refractivity contribution in [2.24, 2.45) is 0 Å². The smallest absolute Gasteiger partial charge is 0.122 e. The zero-order valence-corrected chi connectivity index (χ0v) is 17.5. The van der Waals surface area contributed by atoms with E-state index in [0.717, 1.165) is 18.8 Å².